The number of carbonyl (C=O) groups excluding carboxylic acids is 2. The van der Waals surface area contributed by atoms with Gasteiger partial charge in [-0.1, -0.05) is 19.3 Å². The Morgan fingerprint density at radius 2 is 1.90 bits per heavy atom. The quantitative estimate of drug-likeness (QED) is 0.870. The molecule has 0 spiro atoms. The molecule has 2 aliphatic rings. The van der Waals surface area contributed by atoms with Crippen molar-refractivity contribution in [1.29, 1.82) is 0 Å². The number of hydrogen-bond acceptors (Lipinski definition) is 4. The number of hydrogen-bond donors (Lipinski definition) is 1. The zero-order valence-electron chi connectivity index (χ0n) is 12.3. The second-order valence-electron chi connectivity index (χ2n) is 5.84. The van der Waals surface area contributed by atoms with Crippen LogP contribution in [0.1, 0.15) is 55.5 Å². The second-order valence-corrected chi connectivity index (χ2v) is 5.84. The van der Waals surface area contributed by atoms with Gasteiger partial charge in [-0.05, 0) is 12.8 Å². The summed E-state index contributed by atoms with van der Waals surface area (Å²) in [6.45, 7) is 3.15. The van der Waals surface area contributed by atoms with Gasteiger partial charge in [0.05, 0.1) is 6.54 Å². The van der Waals surface area contributed by atoms with E-state index in [1.165, 1.54) is 19.3 Å². The molecule has 21 heavy (non-hydrogen) atoms. The maximum absolute atomic E-state index is 12.3. The lowest BCUT2D eigenvalue weighted by Gasteiger charge is -2.27. The van der Waals surface area contributed by atoms with Crippen molar-refractivity contribution in [3.05, 3.63) is 11.6 Å². The molecule has 1 N–H and O–H groups in total. The summed E-state index contributed by atoms with van der Waals surface area (Å²) < 4.78 is 1.83. The predicted molar refractivity (Wildman–Crippen MR) is 75.5 cm³/mol. The van der Waals surface area contributed by atoms with E-state index in [0.717, 1.165) is 12.8 Å². The Morgan fingerprint density at radius 3 is 2.62 bits per heavy atom. The molecule has 1 saturated carbocycles. The molecule has 0 unspecified atom stereocenters. The van der Waals surface area contributed by atoms with Crippen molar-refractivity contribution in [3.63, 3.8) is 0 Å². The van der Waals surface area contributed by atoms with Crippen LogP contribution in [0.15, 0.2) is 0 Å². The summed E-state index contributed by atoms with van der Waals surface area (Å²) in [5.74, 6) is 0.943. The first kappa shape index (κ1) is 14.0. The van der Waals surface area contributed by atoms with E-state index in [0.29, 0.717) is 31.3 Å². The second kappa shape index (κ2) is 5.83. The third-order valence-electron chi connectivity index (χ3n) is 4.34. The molecule has 1 aromatic heterocycles. The van der Waals surface area contributed by atoms with Crippen LogP contribution in [-0.2, 0) is 17.9 Å². The molecule has 1 aliphatic carbocycles. The molecule has 7 nitrogen and oxygen atoms in total. The molecule has 0 aromatic carbocycles. The average Bonchev–Trinajstić information content (AvgIpc) is 2.91. The highest BCUT2D eigenvalue weighted by Crippen LogP contribution is 2.18. The first-order valence-corrected chi connectivity index (χ1v) is 7.63. The van der Waals surface area contributed by atoms with Crippen molar-refractivity contribution in [2.24, 2.45) is 0 Å². The first-order valence-electron chi connectivity index (χ1n) is 7.63. The molecular weight excluding hydrogens is 270 g/mol. The van der Waals surface area contributed by atoms with Crippen LogP contribution in [0.2, 0.25) is 0 Å². The van der Waals surface area contributed by atoms with Crippen LogP contribution in [0.25, 0.3) is 0 Å². The Kier molecular flexibility index (Phi) is 3.90. The standard InChI is InChI=1S/C14H21N5O2/c1-10(20)18-7-8-19-12(9-18)16-17-13(19)14(21)15-11-5-3-2-4-6-11/h11H,2-9H2,1H3,(H,15,21). The number of nitrogens with one attached hydrogen (secondary N) is 1. The maximum atomic E-state index is 12.3. The summed E-state index contributed by atoms with van der Waals surface area (Å²) in [6, 6.07) is 0.261. The normalized spacial score (nSPS) is 19.2. The molecule has 0 saturated heterocycles. The van der Waals surface area contributed by atoms with Gasteiger partial charge in [-0.3, -0.25) is 9.59 Å². The van der Waals surface area contributed by atoms with Crippen molar-refractivity contribution < 1.29 is 9.59 Å². The van der Waals surface area contributed by atoms with Gasteiger partial charge in [-0.25, -0.2) is 0 Å². The predicted octanol–water partition coefficient (Wildman–Crippen LogP) is 0.703. The number of aromatic nitrogens is 3. The fraction of sp³-hybridized carbons (Fsp3) is 0.714. The average molecular weight is 291 g/mol. The Labute approximate surface area is 123 Å². The highest BCUT2D eigenvalue weighted by molar-refractivity contribution is 5.91. The number of carbonyl (C=O) groups is 2. The van der Waals surface area contributed by atoms with Gasteiger partial charge in [0.1, 0.15) is 0 Å². The fourth-order valence-electron chi connectivity index (χ4n) is 3.09. The van der Waals surface area contributed by atoms with Crippen LogP contribution >= 0.6 is 0 Å². The third kappa shape index (κ3) is 2.91. The Morgan fingerprint density at radius 1 is 1.14 bits per heavy atom. The highest BCUT2D eigenvalue weighted by Gasteiger charge is 2.26. The van der Waals surface area contributed by atoms with Gasteiger partial charge in [-0.2, -0.15) is 0 Å². The zero-order chi connectivity index (χ0) is 14.8. The molecule has 1 aliphatic heterocycles. The molecule has 114 valence electrons. The van der Waals surface area contributed by atoms with Gasteiger partial charge in [0, 0.05) is 26.1 Å². The van der Waals surface area contributed by atoms with Crippen molar-refractivity contribution in [1.82, 2.24) is 25.0 Å². The van der Waals surface area contributed by atoms with Crippen LogP contribution in [0.4, 0.5) is 0 Å². The summed E-state index contributed by atoms with van der Waals surface area (Å²) in [7, 11) is 0. The van der Waals surface area contributed by atoms with Crippen LogP contribution in [0.5, 0.6) is 0 Å². The topological polar surface area (TPSA) is 80.1 Å². The SMILES string of the molecule is CC(=O)N1CCn2c(nnc2C(=O)NC2CCCCC2)C1. The molecule has 1 fully saturated rings. The molecule has 0 atom stereocenters. The van der Waals surface area contributed by atoms with Gasteiger partial charge in [-0.15, -0.1) is 10.2 Å². The Balaban J connectivity index is 1.69. The van der Waals surface area contributed by atoms with Crippen LogP contribution in [0, 0.1) is 0 Å². The van der Waals surface area contributed by atoms with Gasteiger partial charge in [0.25, 0.3) is 5.91 Å². The van der Waals surface area contributed by atoms with Crippen LogP contribution < -0.4 is 5.32 Å². The summed E-state index contributed by atoms with van der Waals surface area (Å²) in [5.41, 5.74) is 0. The lowest BCUT2D eigenvalue weighted by atomic mass is 9.95. The number of fused-ring (bicyclic) bond motifs is 1. The van der Waals surface area contributed by atoms with E-state index in [2.05, 4.69) is 15.5 Å². The van der Waals surface area contributed by atoms with Crippen molar-refractivity contribution >= 4 is 11.8 Å². The molecule has 0 bridgehead atoms. The molecular formula is C14H21N5O2. The monoisotopic (exact) mass is 291 g/mol. The van der Waals surface area contributed by atoms with E-state index in [4.69, 9.17) is 0 Å². The highest BCUT2D eigenvalue weighted by atomic mass is 16.2. The molecule has 7 heteroatoms. The largest absolute Gasteiger partial charge is 0.347 e. The molecule has 2 heterocycles. The summed E-state index contributed by atoms with van der Waals surface area (Å²) in [5, 5.41) is 11.1. The smallest absolute Gasteiger partial charge is 0.289 e. The Bertz CT molecular complexity index is 548. The first-order chi connectivity index (χ1) is 10.1. The van der Waals surface area contributed by atoms with Crippen LogP contribution in [-0.4, -0.2) is 44.1 Å². The lowest BCUT2D eigenvalue weighted by molar-refractivity contribution is -0.130. The Hall–Kier alpha value is -1.92. The van der Waals surface area contributed by atoms with Gasteiger partial charge < -0.3 is 14.8 Å². The molecule has 2 amide bonds. The zero-order valence-corrected chi connectivity index (χ0v) is 12.3. The minimum absolute atomic E-state index is 0.0254. The van der Waals surface area contributed by atoms with Crippen molar-refractivity contribution in [2.45, 2.75) is 58.2 Å². The molecule has 0 radical (unpaired) electrons. The minimum atomic E-state index is -0.142. The van der Waals surface area contributed by atoms with Gasteiger partial charge in [0.15, 0.2) is 5.82 Å². The van der Waals surface area contributed by atoms with Gasteiger partial charge in [0.2, 0.25) is 11.7 Å². The van der Waals surface area contributed by atoms with Gasteiger partial charge >= 0.3 is 0 Å². The maximum Gasteiger partial charge on any atom is 0.289 e. The number of amides is 2. The van der Waals surface area contributed by atoms with E-state index in [9.17, 15) is 9.59 Å². The van der Waals surface area contributed by atoms with E-state index in [-0.39, 0.29) is 17.9 Å². The molecule has 1 aromatic rings. The van der Waals surface area contributed by atoms with Crippen LogP contribution in [0.3, 0.4) is 0 Å². The molecule has 3 rings (SSSR count). The third-order valence-corrected chi connectivity index (χ3v) is 4.34. The summed E-state index contributed by atoms with van der Waals surface area (Å²) >= 11 is 0. The minimum Gasteiger partial charge on any atom is -0.347 e. The number of nitrogens with zero attached hydrogens (tertiary/aromatic N) is 4. The summed E-state index contributed by atoms with van der Waals surface area (Å²) in [4.78, 5) is 25.5. The van der Waals surface area contributed by atoms with Crippen molar-refractivity contribution in [3.8, 4) is 0 Å². The van der Waals surface area contributed by atoms with E-state index >= 15 is 0 Å². The summed E-state index contributed by atoms with van der Waals surface area (Å²) in [6.07, 6.45) is 5.70. The van der Waals surface area contributed by atoms with E-state index in [1.807, 2.05) is 4.57 Å². The van der Waals surface area contributed by atoms with Crippen molar-refractivity contribution in [2.75, 3.05) is 6.54 Å². The lowest BCUT2D eigenvalue weighted by Crippen LogP contribution is -2.40. The number of rotatable bonds is 2. The fourth-order valence-corrected chi connectivity index (χ4v) is 3.09. The van der Waals surface area contributed by atoms with E-state index < -0.39 is 0 Å². The van der Waals surface area contributed by atoms with E-state index in [1.54, 1.807) is 11.8 Å².